The zero-order valence-corrected chi connectivity index (χ0v) is 15.9. The van der Waals surface area contributed by atoms with Gasteiger partial charge in [-0.2, -0.15) is 0 Å². The summed E-state index contributed by atoms with van der Waals surface area (Å²) in [5, 5.41) is 7.81. The molecule has 27 heavy (non-hydrogen) atoms. The van der Waals surface area contributed by atoms with E-state index in [0.29, 0.717) is 24.6 Å². The second-order valence-corrected chi connectivity index (χ2v) is 6.66. The quantitative estimate of drug-likeness (QED) is 0.804. The Morgan fingerprint density at radius 1 is 1.19 bits per heavy atom. The standard InChI is InChI=1S/C20H25N3O4/c1-13(22-20(25)12-23-7-6-21-19(24)11-23)14-4-5-15-9-17(26-2)18(27-3)10-16(15)8-14/h4-5,8-10,13H,6-7,11-12H2,1-3H3,(H,21,24)(H,22,25). The van der Waals surface area contributed by atoms with Crippen molar-refractivity contribution >= 4 is 22.6 Å². The lowest BCUT2D eigenvalue weighted by atomic mass is 10.0. The summed E-state index contributed by atoms with van der Waals surface area (Å²) in [4.78, 5) is 25.6. The fourth-order valence-corrected chi connectivity index (χ4v) is 3.26. The van der Waals surface area contributed by atoms with Gasteiger partial charge in [0, 0.05) is 13.1 Å². The molecule has 0 radical (unpaired) electrons. The molecule has 0 saturated carbocycles. The Hall–Kier alpha value is -2.80. The highest BCUT2D eigenvalue weighted by Crippen LogP contribution is 2.33. The van der Waals surface area contributed by atoms with E-state index in [9.17, 15) is 9.59 Å². The number of hydrogen-bond acceptors (Lipinski definition) is 5. The van der Waals surface area contributed by atoms with Crippen molar-refractivity contribution in [2.75, 3.05) is 40.4 Å². The van der Waals surface area contributed by atoms with Gasteiger partial charge in [0.2, 0.25) is 11.8 Å². The highest BCUT2D eigenvalue weighted by Gasteiger charge is 2.19. The maximum Gasteiger partial charge on any atom is 0.234 e. The first-order valence-electron chi connectivity index (χ1n) is 8.94. The first-order valence-corrected chi connectivity index (χ1v) is 8.94. The number of hydrogen-bond donors (Lipinski definition) is 2. The van der Waals surface area contributed by atoms with E-state index in [2.05, 4.69) is 10.6 Å². The predicted octanol–water partition coefficient (Wildman–Crippen LogP) is 1.47. The first kappa shape index (κ1) is 19.0. The van der Waals surface area contributed by atoms with Gasteiger partial charge in [0.1, 0.15) is 0 Å². The molecule has 3 rings (SSSR count). The third-order valence-corrected chi connectivity index (χ3v) is 4.73. The molecule has 2 aromatic carbocycles. The lowest BCUT2D eigenvalue weighted by Gasteiger charge is -2.26. The Morgan fingerprint density at radius 3 is 2.56 bits per heavy atom. The minimum Gasteiger partial charge on any atom is -0.493 e. The molecule has 1 fully saturated rings. The highest BCUT2D eigenvalue weighted by atomic mass is 16.5. The summed E-state index contributed by atoms with van der Waals surface area (Å²) in [6.07, 6.45) is 0. The van der Waals surface area contributed by atoms with E-state index < -0.39 is 0 Å². The third kappa shape index (κ3) is 4.49. The largest absolute Gasteiger partial charge is 0.493 e. The Bertz CT molecular complexity index is 852. The van der Waals surface area contributed by atoms with Crippen LogP contribution in [0.1, 0.15) is 18.5 Å². The number of fused-ring (bicyclic) bond motifs is 1. The van der Waals surface area contributed by atoms with Crippen LogP contribution in [0.25, 0.3) is 10.8 Å². The van der Waals surface area contributed by atoms with E-state index in [1.165, 1.54) is 0 Å². The molecule has 7 heteroatoms. The Labute approximate surface area is 158 Å². The highest BCUT2D eigenvalue weighted by molar-refractivity contribution is 5.87. The van der Waals surface area contributed by atoms with E-state index in [0.717, 1.165) is 16.3 Å². The Morgan fingerprint density at radius 2 is 1.89 bits per heavy atom. The van der Waals surface area contributed by atoms with Crippen LogP contribution >= 0.6 is 0 Å². The maximum atomic E-state index is 12.3. The van der Waals surface area contributed by atoms with Gasteiger partial charge in [-0.05, 0) is 41.5 Å². The zero-order valence-electron chi connectivity index (χ0n) is 15.9. The topological polar surface area (TPSA) is 79.9 Å². The summed E-state index contributed by atoms with van der Waals surface area (Å²) < 4.78 is 10.7. The van der Waals surface area contributed by atoms with Crippen LogP contribution in [0.2, 0.25) is 0 Å². The van der Waals surface area contributed by atoms with E-state index >= 15 is 0 Å². The summed E-state index contributed by atoms with van der Waals surface area (Å²) in [7, 11) is 3.22. The number of nitrogens with one attached hydrogen (secondary N) is 2. The Kier molecular flexibility index (Phi) is 5.81. The van der Waals surface area contributed by atoms with Crippen molar-refractivity contribution in [3.8, 4) is 11.5 Å². The number of methoxy groups -OCH3 is 2. The summed E-state index contributed by atoms with van der Waals surface area (Å²) in [6.45, 7) is 3.70. The van der Waals surface area contributed by atoms with Gasteiger partial charge in [-0.1, -0.05) is 12.1 Å². The molecule has 1 saturated heterocycles. The molecule has 2 amide bonds. The van der Waals surface area contributed by atoms with Crippen molar-refractivity contribution in [1.82, 2.24) is 15.5 Å². The first-order chi connectivity index (χ1) is 13.0. The molecule has 1 unspecified atom stereocenters. The van der Waals surface area contributed by atoms with Gasteiger partial charge >= 0.3 is 0 Å². The zero-order chi connectivity index (χ0) is 19.4. The van der Waals surface area contributed by atoms with Crippen molar-refractivity contribution in [2.24, 2.45) is 0 Å². The van der Waals surface area contributed by atoms with Crippen molar-refractivity contribution in [1.29, 1.82) is 0 Å². The van der Waals surface area contributed by atoms with Crippen molar-refractivity contribution in [2.45, 2.75) is 13.0 Å². The van der Waals surface area contributed by atoms with Crippen molar-refractivity contribution < 1.29 is 19.1 Å². The molecule has 1 atom stereocenters. The van der Waals surface area contributed by atoms with Crippen LogP contribution < -0.4 is 20.1 Å². The molecule has 0 spiro atoms. The van der Waals surface area contributed by atoms with E-state index in [-0.39, 0.29) is 30.9 Å². The number of nitrogens with zero attached hydrogens (tertiary/aromatic N) is 1. The lowest BCUT2D eigenvalue weighted by molar-refractivity contribution is -0.127. The van der Waals surface area contributed by atoms with Gasteiger partial charge in [-0.15, -0.1) is 0 Å². The number of carbonyl (C=O) groups excluding carboxylic acids is 2. The van der Waals surface area contributed by atoms with E-state index in [1.54, 1.807) is 14.2 Å². The van der Waals surface area contributed by atoms with Crippen LogP contribution in [-0.4, -0.2) is 57.1 Å². The van der Waals surface area contributed by atoms with Gasteiger partial charge < -0.3 is 20.1 Å². The Balaban J connectivity index is 1.70. The number of amides is 2. The molecule has 2 N–H and O–H groups in total. The molecule has 144 valence electrons. The van der Waals surface area contributed by atoms with Crippen LogP contribution in [0.3, 0.4) is 0 Å². The summed E-state index contributed by atoms with van der Waals surface area (Å²) in [5.74, 6) is 1.22. The average Bonchev–Trinajstić information content (AvgIpc) is 2.66. The second-order valence-electron chi connectivity index (χ2n) is 6.66. The van der Waals surface area contributed by atoms with E-state index in [4.69, 9.17) is 9.47 Å². The number of benzene rings is 2. The van der Waals surface area contributed by atoms with Crippen molar-refractivity contribution in [3.05, 3.63) is 35.9 Å². The minimum atomic E-state index is -0.145. The van der Waals surface area contributed by atoms with Crippen LogP contribution in [0.5, 0.6) is 11.5 Å². The van der Waals surface area contributed by atoms with Crippen molar-refractivity contribution in [3.63, 3.8) is 0 Å². The molecule has 0 aromatic heterocycles. The number of piperazine rings is 1. The fraction of sp³-hybridized carbons (Fsp3) is 0.400. The summed E-state index contributed by atoms with van der Waals surface area (Å²) >= 11 is 0. The summed E-state index contributed by atoms with van der Waals surface area (Å²) in [6, 6.07) is 9.75. The SMILES string of the molecule is COc1cc2ccc(C(C)NC(=O)CN3CCNC(=O)C3)cc2cc1OC. The van der Waals surface area contributed by atoms with Gasteiger partial charge in [0.15, 0.2) is 11.5 Å². The monoisotopic (exact) mass is 371 g/mol. The molecule has 1 aliphatic heterocycles. The van der Waals surface area contributed by atoms with Crippen LogP contribution in [0.4, 0.5) is 0 Å². The van der Waals surface area contributed by atoms with Gasteiger partial charge in [-0.3, -0.25) is 14.5 Å². The molecular weight excluding hydrogens is 346 g/mol. The van der Waals surface area contributed by atoms with E-state index in [1.807, 2.05) is 42.2 Å². The van der Waals surface area contributed by atoms with Gasteiger partial charge in [0.05, 0.1) is 33.4 Å². The molecule has 7 nitrogen and oxygen atoms in total. The predicted molar refractivity (Wildman–Crippen MR) is 103 cm³/mol. The molecule has 1 aliphatic rings. The fourth-order valence-electron chi connectivity index (χ4n) is 3.26. The molecular formula is C20H25N3O4. The molecule has 2 aromatic rings. The normalized spacial score (nSPS) is 15.9. The molecule has 0 aliphatic carbocycles. The summed E-state index contributed by atoms with van der Waals surface area (Å²) in [5.41, 5.74) is 0.999. The number of rotatable bonds is 6. The smallest absolute Gasteiger partial charge is 0.234 e. The third-order valence-electron chi connectivity index (χ3n) is 4.73. The number of carbonyl (C=O) groups is 2. The van der Waals surface area contributed by atoms with Crippen LogP contribution in [0, 0.1) is 0 Å². The number of ether oxygens (including phenoxy) is 2. The van der Waals surface area contributed by atoms with Crippen LogP contribution in [0.15, 0.2) is 30.3 Å². The molecule has 0 bridgehead atoms. The maximum absolute atomic E-state index is 12.3. The second kappa shape index (κ2) is 8.26. The average molecular weight is 371 g/mol. The van der Waals surface area contributed by atoms with Gasteiger partial charge in [0.25, 0.3) is 0 Å². The minimum absolute atomic E-state index is 0.0407. The van der Waals surface area contributed by atoms with Crippen LogP contribution in [-0.2, 0) is 9.59 Å². The van der Waals surface area contributed by atoms with Gasteiger partial charge in [-0.25, -0.2) is 0 Å². The lowest BCUT2D eigenvalue weighted by Crippen LogP contribution is -2.50. The molecule has 1 heterocycles.